The number of ether oxygens (including phenoxy) is 1. The van der Waals surface area contributed by atoms with Crippen molar-refractivity contribution in [2.24, 2.45) is 0 Å². The monoisotopic (exact) mass is 640 g/mol. The van der Waals surface area contributed by atoms with Crippen LogP contribution in [0.5, 0.6) is 0 Å². The molecule has 3 aromatic heterocycles. The maximum atomic E-state index is 16.3. The molecule has 1 fully saturated rings. The Morgan fingerprint density at radius 2 is 1.87 bits per heavy atom. The van der Waals surface area contributed by atoms with Gasteiger partial charge in [-0.3, -0.25) is 0 Å². The number of carbonyl (C=O) groups excluding carboxylic acids is 1. The van der Waals surface area contributed by atoms with Crippen LogP contribution in [0.2, 0.25) is 0 Å². The summed E-state index contributed by atoms with van der Waals surface area (Å²) in [6.45, 7) is 11.9. The molecule has 1 saturated heterocycles. The zero-order chi connectivity index (χ0) is 33.8. The predicted octanol–water partition coefficient (Wildman–Crippen LogP) is 6.91. The Morgan fingerprint density at radius 1 is 1.11 bits per heavy atom. The van der Waals surface area contributed by atoms with E-state index in [0.29, 0.717) is 10.9 Å². The molecule has 0 bridgehead atoms. The number of piperazine rings is 1. The maximum absolute atomic E-state index is 16.3. The van der Waals surface area contributed by atoms with E-state index in [1.165, 1.54) is 29.0 Å². The van der Waals surface area contributed by atoms with E-state index in [-0.39, 0.29) is 76.5 Å². The van der Waals surface area contributed by atoms with Gasteiger partial charge in [-0.05, 0) is 69.5 Å². The van der Waals surface area contributed by atoms with Crippen LogP contribution in [-0.4, -0.2) is 56.8 Å². The Hall–Kier alpha value is -5.31. The van der Waals surface area contributed by atoms with Gasteiger partial charge in [-0.15, -0.1) is 0 Å². The van der Waals surface area contributed by atoms with Crippen molar-refractivity contribution >= 4 is 33.9 Å². The molecule has 1 aliphatic heterocycles. The van der Waals surface area contributed by atoms with Crippen molar-refractivity contribution in [2.45, 2.75) is 59.1 Å². The highest BCUT2D eigenvalue weighted by Gasteiger charge is 2.33. The van der Waals surface area contributed by atoms with E-state index in [1.807, 2.05) is 25.7 Å². The Kier molecular flexibility index (Phi) is 7.95. The van der Waals surface area contributed by atoms with Gasteiger partial charge >= 0.3 is 11.8 Å². The zero-order valence-electron chi connectivity index (χ0n) is 27.0. The van der Waals surface area contributed by atoms with Gasteiger partial charge in [-0.25, -0.2) is 27.9 Å². The van der Waals surface area contributed by atoms with Crippen LogP contribution in [0, 0.1) is 23.0 Å². The second-order valence-corrected chi connectivity index (χ2v) is 13.0. The van der Waals surface area contributed by atoms with Crippen molar-refractivity contribution < 1.29 is 22.7 Å². The normalized spacial score (nSPS) is 15.4. The number of hydrogen-bond donors (Lipinski definition) is 0. The minimum atomic E-state index is -0.855. The smallest absolute Gasteiger partial charge is 0.410 e. The number of furan rings is 1. The molecule has 242 valence electrons. The van der Waals surface area contributed by atoms with Crippen LogP contribution >= 0.6 is 0 Å². The molecular formula is C35H34F2N6O4. The van der Waals surface area contributed by atoms with Gasteiger partial charge in [0.15, 0.2) is 11.5 Å². The van der Waals surface area contributed by atoms with Crippen molar-refractivity contribution in [2.75, 3.05) is 24.5 Å². The third-order valence-corrected chi connectivity index (χ3v) is 8.19. The molecule has 47 heavy (non-hydrogen) atoms. The van der Waals surface area contributed by atoms with Gasteiger partial charge in [0.2, 0.25) is 0 Å². The summed E-state index contributed by atoms with van der Waals surface area (Å²) < 4.78 is 44.0. The number of pyridine rings is 1. The summed E-state index contributed by atoms with van der Waals surface area (Å²) in [6, 6.07) is 12.5. The molecule has 1 atom stereocenters. The van der Waals surface area contributed by atoms with Crippen molar-refractivity contribution in [3.63, 3.8) is 0 Å². The summed E-state index contributed by atoms with van der Waals surface area (Å²) >= 11 is 0. The quantitative estimate of drug-likeness (QED) is 0.208. The Bertz CT molecular complexity index is 2140. The fourth-order valence-corrected chi connectivity index (χ4v) is 6.06. The van der Waals surface area contributed by atoms with E-state index in [1.54, 1.807) is 49.9 Å². The molecule has 12 heteroatoms. The molecule has 5 aromatic rings. The molecule has 1 aliphatic rings. The average molecular weight is 641 g/mol. The molecule has 1 amide bonds. The fourth-order valence-electron chi connectivity index (χ4n) is 6.06. The van der Waals surface area contributed by atoms with Gasteiger partial charge in [-0.1, -0.05) is 26.0 Å². The van der Waals surface area contributed by atoms with Crippen LogP contribution in [0.3, 0.4) is 0 Å². The van der Waals surface area contributed by atoms with Crippen LogP contribution in [0.4, 0.5) is 19.4 Å². The lowest BCUT2D eigenvalue weighted by atomic mass is 9.97. The second kappa shape index (κ2) is 11.8. The first-order valence-corrected chi connectivity index (χ1v) is 15.4. The van der Waals surface area contributed by atoms with Crippen molar-refractivity contribution in [1.82, 2.24) is 19.4 Å². The molecular weight excluding hydrogens is 606 g/mol. The number of aromatic nitrogens is 3. The van der Waals surface area contributed by atoms with E-state index in [9.17, 15) is 14.9 Å². The number of para-hydroxylation sites is 1. The number of nitriles is 1. The summed E-state index contributed by atoms with van der Waals surface area (Å²) in [5.74, 6) is -1.57. The topological polar surface area (TPSA) is 117 Å². The molecule has 2 aromatic carbocycles. The summed E-state index contributed by atoms with van der Waals surface area (Å²) in [4.78, 5) is 39.5. The number of carbonyl (C=O) groups is 1. The van der Waals surface area contributed by atoms with Gasteiger partial charge in [0, 0.05) is 31.1 Å². The van der Waals surface area contributed by atoms with Crippen LogP contribution in [0.25, 0.3) is 38.9 Å². The number of rotatable bonds is 4. The van der Waals surface area contributed by atoms with Crippen molar-refractivity contribution in [1.29, 1.82) is 5.26 Å². The summed E-state index contributed by atoms with van der Waals surface area (Å²) in [5.41, 5.74) is -0.741. The highest BCUT2D eigenvalue weighted by molar-refractivity contribution is 5.95. The highest BCUT2D eigenvalue weighted by Crippen LogP contribution is 2.37. The summed E-state index contributed by atoms with van der Waals surface area (Å²) in [6.07, 6.45) is 0.916. The van der Waals surface area contributed by atoms with E-state index in [0.717, 1.165) is 0 Å². The van der Waals surface area contributed by atoms with Gasteiger partial charge in [0.05, 0.1) is 28.5 Å². The molecule has 4 heterocycles. The van der Waals surface area contributed by atoms with Crippen LogP contribution in [0.15, 0.2) is 57.9 Å². The van der Waals surface area contributed by atoms with E-state index < -0.39 is 29.0 Å². The van der Waals surface area contributed by atoms with Gasteiger partial charge in [-0.2, -0.15) is 10.2 Å². The molecule has 0 aliphatic carbocycles. The number of hydrogen-bond acceptors (Lipinski definition) is 8. The van der Waals surface area contributed by atoms with Crippen LogP contribution < -0.4 is 10.6 Å². The number of halogens is 2. The molecule has 0 N–H and O–H groups in total. The maximum Gasteiger partial charge on any atom is 0.410 e. The number of benzene rings is 2. The van der Waals surface area contributed by atoms with E-state index in [4.69, 9.17) is 9.15 Å². The van der Waals surface area contributed by atoms with Gasteiger partial charge in [0.25, 0.3) is 0 Å². The standard InChI is InChI=1S/C35H34F2N6O4/c1-19(2)23-9-7-8-22(17-38)29(23)43-32-24(16-26(37)28(39-32)27-25(36)11-10-21-12-15-46-30(21)27)31(40-33(43)44)42-14-13-41(18-20(42)3)34(45)47-35(4,5)6/h7-12,15-16,19-20H,13-14,18H2,1-6H3/t20-/m0/s1. The largest absolute Gasteiger partial charge is 0.464 e. The molecule has 0 saturated carbocycles. The molecule has 10 nitrogen and oxygen atoms in total. The highest BCUT2D eigenvalue weighted by atomic mass is 19.1. The molecule has 0 unspecified atom stereocenters. The lowest BCUT2D eigenvalue weighted by molar-refractivity contribution is 0.0218. The second-order valence-electron chi connectivity index (χ2n) is 13.0. The SMILES string of the molecule is CC(C)c1cccc(C#N)c1-n1c(=O)nc(N2CCN(C(=O)OC(C)(C)C)C[C@@H]2C)c2cc(F)c(-c3c(F)ccc4ccoc34)nc21. The lowest BCUT2D eigenvalue weighted by Gasteiger charge is -2.41. The minimum absolute atomic E-state index is 0.00858. The Labute approximate surface area is 269 Å². The fraction of sp³-hybridized carbons (Fsp3) is 0.343. The number of nitrogens with zero attached hydrogens (tertiary/aromatic N) is 6. The average Bonchev–Trinajstić information content (AvgIpc) is 3.49. The third kappa shape index (κ3) is 5.67. The Balaban J connectivity index is 1.60. The molecule has 6 rings (SSSR count). The predicted molar refractivity (Wildman–Crippen MR) is 174 cm³/mol. The first-order valence-electron chi connectivity index (χ1n) is 15.4. The number of amides is 1. The lowest BCUT2D eigenvalue weighted by Crippen LogP contribution is -2.55. The van der Waals surface area contributed by atoms with Crippen LogP contribution in [-0.2, 0) is 4.74 Å². The third-order valence-electron chi connectivity index (χ3n) is 8.19. The zero-order valence-corrected chi connectivity index (χ0v) is 27.0. The minimum Gasteiger partial charge on any atom is -0.464 e. The Morgan fingerprint density at radius 3 is 2.55 bits per heavy atom. The first kappa shape index (κ1) is 31.7. The molecule has 0 spiro atoms. The van der Waals surface area contributed by atoms with Crippen molar-refractivity contribution in [3.05, 3.63) is 82.0 Å². The van der Waals surface area contributed by atoms with Gasteiger partial charge in [0.1, 0.15) is 34.6 Å². The summed E-state index contributed by atoms with van der Waals surface area (Å²) in [7, 11) is 0. The first-order chi connectivity index (χ1) is 22.3. The van der Waals surface area contributed by atoms with Crippen molar-refractivity contribution in [3.8, 4) is 23.0 Å². The number of anilines is 1. The number of fused-ring (bicyclic) bond motifs is 2. The van der Waals surface area contributed by atoms with E-state index in [2.05, 4.69) is 16.0 Å². The van der Waals surface area contributed by atoms with Crippen LogP contribution in [0.1, 0.15) is 58.6 Å². The van der Waals surface area contributed by atoms with Gasteiger partial charge < -0.3 is 19.0 Å². The molecule has 0 radical (unpaired) electrons. The summed E-state index contributed by atoms with van der Waals surface area (Å²) in [5, 5.41) is 10.8. The van der Waals surface area contributed by atoms with E-state index >= 15 is 8.78 Å².